The number of nitrogens with zero attached hydrogens (tertiary/aromatic N) is 2. The Labute approximate surface area is 354 Å². The third-order valence-corrected chi connectivity index (χ3v) is 17.1. The van der Waals surface area contributed by atoms with E-state index in [1.807, 2.05) is 77.7 Å². The van der Waals surface area contributed by atoms with E-state index in [0.29, 0.717) is 30.7 Å². The van der Waals surface area contributed by atoms with Gasteiger partial charge in [-0.1, -0.05) is 89.2 Å². The van der Waals surface area contributed by atoms with Crippen molar-refractivity contribution < 1.29 is 23.9 Å². The fraction of sp³-hybridized carbons (Fsp3) is 0.396. The molecule has 5 aromatic rings. The van der Waals surface area contributed by atoms with Gasteiger partial charge in [0.15, 0.2) is 8.32 Å². The number of pyridine rings is 1. The first-order chi connectivity index (χ1) is 28.5. The Morgan fingerprint density at radius 3 is 2.37 bits per heavy atom. The van der Waals surface area contributed by atoms with Crippen molar-refractivity contribution in [2.75, 3.05) is 49.9 Å². The maximum Gasteiger partial charge on any atom is 0.411 e. The van der Waals surface area contributed by atoms with E-state index in [2.05, 4.69) is 74.3 Å². The molecule has 60 heavy (non-hydrogen) atoms. The summed E-state index contributed by atoms with van der Waals surface area (Å²) in [6.45, 7) is 19.4. The van der Waals surface area contributed by atoms with Gasteiger partial charge in [-0.3, -0.25) is 14.9 Å². The smallest absolute Gasteiger partial charge is 0.411 e. The molecule has 0 saturated carbocycles. The van der Waals surface area contributed by atoms with Crippen molar-refractivity contribution in [1.29, 1.82) is 0 Å². The summed E-state index contributed by atoms with van der Waals surface area (Å²) in [5, 5.41) is 17.9. The molecule has 0 radical (unpaired) electrons. The fourth-order valence-electron chi connectivity index (χ4n) is 8.15. The summed E-state index contributed by atoms with van der Waals surface area (Å²) in [4.78, 5) is 46.2. The van der Waals surface area contributed by atoms with Crippen molar-refractivity contribution in [3.63, 3.8) is 0 Å². The number of phenolic OH excluding ortho intramolecular Hbond substituents is 1. The van der Waals surface area contributed by atoms with Crippen LogP contribution in [-0.4, -0.2) is 85.6 Å². The average Bonchev–Trinajstić information content (AvgIpc) is 3.21. The zero-order valence-electron chi connectivity index (χ0n) is 35.9. The van der Waals surface area contributed by atoms with Gasteiger partial charge >= 0.3 is 6.09 Å². The van der Waals surface area contributed by atoms with E-state index < -0.39 is 14.4 Å². The molecule has 12 heteroatoms. The Morgan fingerprint density at radius 1 is 0.917 bits per heavy atom. The Morgan fingerprint density at radius 2 is 1.63 bits per heavy atom. The first-order valence-electron chi connectivity index (χ1n) is 21.0. The van der Waals surface area contributed by atoms with Gasteiger partial charge in [-0.25, -0.2) is 4.79 Å². The van der Waals surface area contributed by atoms with Crippen LogP contribution in [0.5, 0.6) is 5.75 Å². The molecular weight excluding hydrogens is 771 g/mol. The van der Waals surface area contributed by atoms with Crippen LogP contribution in [0.1, 0.15) is 75.0 Å². The molecule has 316 valence electrons. The van der Waals surface area contributed by atoms with Crippen LogP contribution in [0.3, 0.4) is 0 Å². The number of carbonyl (C=O) groups is 2. The first-order valence-corrected chi connectivity index (χ1v) is 23.9. The number of piperidine rings is 1. The number of nitrogens with one attached hydrogen (secondary N) is 3. The van der Waals surface area contributed by atoms with Gasteiger partial charge in [0, 0.05) is 73.0 Å². The second-order valence-electron chi connectivity index (χ2n) is 18.4. The number of fused-ring (bicyclic) bond motifs is 2. The number of carbonyl (C=O) groups excluding carboxylic acids is 2. The zero-order valence-corrected chi connectivity index (χ0v) is 36.9. The number of aromatic hydroxyl groups is 1. The lowest BCUT2D eigenvalue weighted by Gasteiger charge is -2.41. The molecule has 1 saturated heterocycles. The molecule has 1 aromatic heterocycles. The minimum atomic E-state index is -2.27. The molecule has 0 aliphatic carbocycles. The van der Waals surface area contributed by atoms with Gasteiger partial charge in [0.05, 0.1) is 17.3 Å². The standard InChI is InChI=1S/C48H59N5O6Si/c1-47(2,3)60(6,7)59-42(36-19-21-41(54)44-37(36)20-22-43(55)51-44)30-49-33-17-18-38-39(29-33)48(4,5)31-53(45(38)56)28-27-52-25-23-34(24-26-52)58-46(57)50-40-16-12-11-15-35(40)32-13-9-8-10-14-32/h8-22,29,34,42,49,54H,23-28,30-31H2,1-7H3,(H,50,57)(H,51,55)/t42-/m0/s1. The second-order valence-corrected chi connectivity index (χ2v) is 23.1. The van der Waals surface area contributed by atoms with Gasteiger partial charge in [-0.05, 0) is 84.1 Å². The summed E-state index contributed by atoms with van der Waals surface area (Å²) in [6.07, 6.45) is 0.470. The van der Waals surface area contributed by atoms with Gasteiger partial charge < -0.3 is 34.4 Å². The number of rotatable bonds is 12. The predicted molar refractivity (Wildman–Crippen MR) is 243 cm³/mol. The minimum absolute atomic E-state index is 0.0130. The lowest BCUT2D eigenvalue weighted by atomic mass is 9.78. The number of H-pyrrole nitrogens is 1. The Bertz CT molecular complexity index is 2400. The Balaban J connectivity index is 0.962. The van der Waals surface area contributed by atoms with Gasteiger partial charge in [-0.2, -0.15) is 0 Å². The monoisotopic (exact) mass is 829 g/mol. The van der Waals surface area contributed by atoms with Crippen LogP contribution in [0.4, 0.5) is 16.2 Å². The molecule has 2 aliphatic rings. The number of ether oxygens (including phenoxy) is 1. The largest absolute Gasteiger partial charge is 0.506 e. The Hall–Kier alpha value is -5.43. The minimum Gasteiger partial charge on any atom is -0.506 e. The second kappa shape index (κ2) is 17.3. The molecule has 1 atom stereocenters. The molecule has 1 fully saturated rings. The topological polar surface area (TPSA) is 136 Å². The zero-order chi connectivity index (χ0) is 42.8. The van der Waals surface area contributed by atoms with Crippen LogP contribution in [0, 0.1) is 0 Å². The summed E-state index contributed by atoms with van der Waals surface area (Å²) in [6, 6.07) is 30.4. The summed E-state index contributed by atoms with van der Waals surface area (Å²) < 4.78 is 12.9. The van der Waals surface area contributed by atoms with Crippen molar-refractivity contribution in [3.05, 3.63) is 124 Å². The molecule has 4 N–H and O–H groups in total. The molecule has 11 nitrogen and oxygen atoms in total. The van der Waals surface area contributed by atoms with Crippen molar-refractivity contribution in [1.82, 2.24) is 14.8 Å². The van der Waals surface area contributed by atoms with E-state index in [-0.39, 0.29) is 39.9 Å². The number of phenols is 1. The van der Waals surface area contributed by atoms with Crippen molar-refractivity contribution >= 4 is 42.6 Å². The lowest BCUT2D eigenvalue weighted by molar-refractivity contribution is 0.0493. The van der Waals surface area contributed by atoms with Gasteiger partial charge in [0.2, 0.25) is 5.56 Å². The molecule has 0 unspecified atom stereocenters. The third-order valence-electron chi connectivity index (χ3n) is 12.6. The molecule has 4 aromatic carbocycles. The molecule has 0 spiro atoms. The van der Waals surface area contributed by atoms with Crippen molar-refractivity contribution in [2.24, 2.45) is 0 Å². The first kappa shape index (κ1) is 42.7. The van der Waals surface area contributed by atoms with Gasteiger partial charge in [0.25, 0.3) is 5.91 Å². The maximum absolute atomic E-state index is 14.0. The fourth-order valence-corrected chi connectivity index (χ4v) is 9.42. The summed E-state index contributed by atoms with van der Waals surface area (Å²) in [5.41, 5.74) is 6.00. The number of benzene rings is 4. The molecular formula is C48H59N5O6Si. The van der Waals surface area contributed by atoms with Crippen LogP contribution in [0.2, 0.25) is 18.1 Å². The molecule has 2 aliphatic heterocycles. The number of amides is 2. The number of anilines is 2. The van der Waals surface area contributed by atoms with Crippen molar-refractivity contribution in [3.8, 4) is 16.9 Å². The summed E-state index contributed by atoms with van der Waals surface area (Å²) in [7, 11) is -2.27. The summed E-state index contributed by atoms with van der Waals surface area (Å²) in [5.74, 6) is 0.0456. The molecule has 0 bridgehead atoms. The number of aromatic nitrogens is 1. The van der Waals surface area contributed by atoms with Crippen LogP contribution in [-0.2, 0) is 14.6 Å². The number of hydrogen-bond donors (Lipinski definition) is 4. The Kier molecular flexibility index (Phi) is 12.3. The highest BCUT2D eigenvalue weighted by Crippen LogP contribution is 2.42. The SMILES string of the molecule is CC1(C)CN(CCN2CCC(OC(=O)Nc3ccccc3-c3ccccc3)CC2)C(=O)c2ccc(NC[C@H](O[Si](C)(C)C(C)(C)C)c3ccc(O)c4[nH]c(=O)ccc34)cc21. The van der Waals surface area contributed by atoms with E-state index in [1.165, 1.54) is 6.07 Å². The van der Waals surface area contributed by atoms with E-state index in [0.717, 1.165) is 71.5 Å². The normalized spacial score (nSPS) is 16.6. The van der Waals surface area contributed by atoms with Crippen molar-refractivity contribution in [2.45, 2.75) is 83.2 Å². The summed E-state index contributed by atoms with van der Waals surface area (Å²) >= 11 is 0. The van der Waals surface area contributed by atoms with E-state index in [9.17, 15) is 19.5 Å². The number of aromatic amines is 1. The van der Waals surface area contributed by atoms with E-state index in [1.54, 1.807) is 12.1 Å². The highest BCUT2D eigenvalue weighted by molar-refractivity contribution is 6.74. The highest BCUT2D eigenvalue weighted by Gasteiger charge is 2.40. The predicted octanol–water partition coefficient (Wildman–Crippen LogP) is 9.52. The van der Waals surface area contributed by atoms with E-state index in [4.69, 9.17) is 9.16 Å². The third kappa shape index (κ3) is 9.46. The van der Waals surface area contributed by atoms with Crippen LogP contribution in [0.25, 0.3) is 22.0 Å². The van der Waals surface area contributed by atoms with E-state index >= 15 is 0 Å². The quantitative estimate of drug-likeness (QED) is 0.0914. The van der Waals surface area contributed by atoms with Gasteiger partial charge in [0.1, 0.15) is 11.9 Å². The van der Waals surface area contributed by atoms with Crippen LogP contribution < -0.4 is 16.2 Å². The average molecular weight is 830 g/mol. The molecule has 7 rings (SSSR count). The highest BCUT2D eigenvalue weighted by atomic mass is 28.4. The number of para-hydroxylation sites is 1. The molecule has 2 amide bonds. The maximum atomic E-state index is 14.0. The lowest BCUT2D eigenvalue weighted by Crippen LogP contribution is -2.50. The molecule has 3 heterocycles. The van der Waals surface area contributed by atoms with Crippen LogP contribution in [0.15, 0.2) is 102 Å². The number of likely N-dealkylation sites (tertiary alicyclic amines) is 1. The van der Waals surface area contributed by atoms with Crippen LogP contribution >= 0.6 is 0 Å². The number of hydrogen-bond acceptors (Lipinski definition) is 8. The van der Waals surface area contributed by atoms with Gasteiger partial charge in [-0.15, -0.1) is 0 Å².